The molecule has 2 N–H and O–H groups in total. The summed E-state index contributed by atoms with van der Waals surface area (Å²) in [6, 6.07) is 12.6. The number of aliphatic hydroxyl groups is 1. The second-order valence-corrected chi connectivity index (χ2v) is 13.1. The van der Waals surface area contributed by atoms with E-state index in [1.54, 1.807) is 24.3 Å². The van der Waals surface area contributed by atoms with Crippen LogP contribution in [0.2, 0.25) is 5.02 Å². The molecule has 0 saturated carbocycles. The van der Waals surface area contributed by atoms with Gasteiger partial charge in [0.1, 0.15) is 17.7 Å². The highest BCUT2D eigenvalue weighted by molar-refractivity contribution is 6.34. The van der Waals surface area contributed by atoms with E-state index in [9.17, 15) is 24.3 Å². The molecule has 0 unspecified atom stereocenters. The number of likely N-dealkylation sites (tertiary alicyclic amines) is 1. The van der Waals surface area contributed by atoms with E-state index in [1.165, 1.54) is 9.80 Å². The molecule has 2 bridgehead atoms. The summed E-state index contributed by atoms with van der Waals surface area (Å²) < 4.78 is 12.7. The number of hydrogen-bond acceptors (Lipinski definition) is 7. The Kier molecular flexibility index (Phi) is 11.1. The molecule has 2 aromatic rings. The van der Waals surface area contributed by atoms with E-state index in [0.717, 1.165) is 5.56 Å². The molecule has 3 heterocycles. The van der Waals surface area contributed by atoms with Crippen molar-refractivity contribution < 1.29 is 33.8 Å². The number of carbonyl (C=O) groups excluding carboxylic acids is 4. The maximum Gasteiger partial charge on any atom is 0.313 e. The summed E-state index contributed by atoms with van der Waals surface area (Å²) in [5.41, 5.74) is 0.625. The van der Waals surface area contributed by atoms with Gasteiger partial charge < -0.3 is 29.7 Å². The topological polar surface area (TPSA) is 125 Å². The molecule has 3 aliphatic rings. The molecule has 48 heavy (non-hydrogen) atoms. The van der Waals surface area contributed by atoms with Gasteiger partial charge in [-0.1, -0.05) is 73.1 Å². The number of benzene rings is 2. The number of aryl methyl sites for hydroxylation is 1. The number of nitrogens with zero attached hydrogens (tertiary/aromatic N) is 2. The summed E-state index contributed by atoms with van der Waals surface area (Å²) in [5, 5.41) is 13.6. The standard InChI is InChI=1S/C37H44ClN3O7/c1-5-8-17-29(43)39-21-28(24-14-10-9-11-15-24)47-36(46)30-27-18-19-37(48-27)31(30)34(44)41(25(7-3)22-42)33(37)35(45)40(20-6-2)32-23(4)13-12-16-26(32)38/h5-6,9-16,25,27-28,30-31,33,42H,1-2,7-8,17-22H2,3-4H3,(H,39,43)/t25-,27-,28-,30+,31+,33-,37+/m0/s1. The minimum atomic E-state index is -1.32. The fourth-order valence-electron chi connectivity index (χ4n) is 7.62. The monoisotopic (exact) mass is 677 g/mol. The summed E-state index contributed by atoms with van der Waals surface area (Å²) >= 11 is 6.64. The molecule has 1 spiro atoms. The van der Waals surface area contributed by atoms with Crippen LogP contribution in [0.5, 0.6) is 0 Å². The Labute approximate surface area is 286 Å². The second-order valence-electron chi connectivity index (χ2n) is 12.7. The lowest BCUT2D eigenvalue weighted by molar-refractivity contribution is -0.161. The molecule has 0 aliphatic carbocycles. The first-order valence-electron chi connectivity index (χ1n) is 16.5. The Bertz CT molecular complexity index is 1530. The largest absolute Gasteiger partial charge is 0.455 e. The summed E-state index contributed by atoms with van der Waals surface area (Å²) in [6.07, 6.45) is 3.74. The van der Waals surface area contributed by atoms with E-state index < -0.39 is 59.5 Å². The number of esters is 1. The average Bonchev–Trinajstić information content (AvgIpc) is 3.73. The van der Waals surface area contributed by atoms with E-state index in [2.05, 4.69) is 18.5 Å². The van der Waals surface area contributed by atoms with E-state index in [-0.39, 0.29) is 32.0 Å². The summed E-state index contributed by atoms with van der Waals surface area (Å²) in [7, 11) is 0. The van der Waals surface area contributed by atoms with Gasteiger partial charge in [-0.2, -0.15) is 0 Å². The van der Waals surface area contributed by atoms with Crippen molar-refractivity contribution >= 4 is 41.0 Å². The highest BCUT2D eigenvalue weighted by Crippen LogP contribution is 2.59. The Hall–Kier alpha value is -3.99. The molecule has 11 heteroatoms. The summed E-state index contributed by atoms with van der Waals surface area (Å²) in [5.74, 6) is -3.68. The molecular formula is C37H44ClN3O7. The van der Waals surface area contributed by atoms with Crippen LogP contribution >= 0.6 is 11.6 Å². The zero-order valence-corrected chi connectivity index (χ0v) is 28.2. The van der Waals surface area contributed by atoms with Crippen LogP contribution in [0.1, 0.15) is 56.3 Å². The smallest absolute Gasteiger partial charge is 0.313 e. The summed E-state index contributed by atoms with van der Waals surface area (Å²) in [4.78, 5) is 58.9. The van der Waals surface area contributed by atoms with Crippen molar-refractivity contribution in [1.29, 1.82) is 0 Å². The molecule has 3 fully saturated rings. The van der Waals surface area contributed by atoms with Crippen molar-refractivity contribution in [3.63, 3.8) is 0 Å². The van der Waals surface area contributed by atoms with Crippen molar-refractivity contribution in [1.82, 2.24) is 10.2 Å². The predicted molar refractivity (Wildman–Crippen MR) is 182 cm³/mol. The van der Waals surface area contributed by atoms with Gasteiger partial charge in [0.2, 0.25) is 11.8 Å². The number of amides is 3. The van der Waals surface area contributed by atoms with Crippen LogP contribution in [-0.4, -0.2) is 77.2 Å². The number of para-hydroxylation sites is 1. The minimum absolute atomic E-state index is 0.0388. The first-order valence-corrected chi connectivity index (χ1v) is 16.9. The molecule has 2 aromatic carbocycles. The molecule has 7 atom stereocenters. The van der Waals surface area contributed by atoms with Crippen molar-refractivity contribution in [2.24, 2.45) is 11.8 Å². The van der Waals surface area contributed by atoms with Gasteiger partial charge in [-0.3, -0.25) is 19.2 Å². The number of ether oxygens (including phenoxy) is 2. The molecule has 3 aliphatic heterocycles. The maximum absolute atomic E-state index is 14.8. The molecule has 5 rings (SSSR count). The molecule has 0 radical (unpaired) electrons. The van der Waals surface area contributed by atoms with Crippen molar-refractivity contribution in [2.75, 3.05) is 24.6 Å². The number of hydrogen-bond donors (Lipinski definition) is 2. The van der Waals surface area contributed by atoms with Gasteiger partial charge in [0.05, 0.1) is 47.8 Å². The molecule has 3 amide bonds. The van der Waals surface area contributed by atoms with Gasteiger partial charge in [0, 0.05) is 13.0 Å². The first-order chi connectivity index (χ1) is 23.1. The third kappa shape index (κ3) is 6.41. The highest BCUT2D eigenvalue weighted by Gasteiger charge is 2.75. The normalized spacial score (nSPS) is 25.2. The van der Waals surface area contributed by atoms with Crippen LogP contribution in [0.25, 0.3) is 0 Å². The van der Waals surface area contributed by atoms with Crippen LogP contribution in [0.4, 0.5) is 5.69 Å². The van der Waals surface area contributed by atoms with Crippen molar-refractivity contribution in [3.8, 4) is 0 Å². The minimum Gasteiger partial charge on any atom is -0.455 e. The number of allylic oxidation sites excluding steroid dienone is 1. The lowest BCUT2D eigenvalue weighted by atomic mass is 9.70. The number of halogens is 1. The fraction of sp³-hybridized carbons (Fsp3) is 0.459. The van der Waals surface area contributed by atoms with E-state index in [1.807, 2.05) is 50.2 Å². The lowest BCUT2D eigenvalue weighted by Crippen LogP contribution is -2.59. The van der Waals surface area contributed by atoms with Gasteiger partial charge >= 0.3 is 5.97 Å². The Morgan fingerprint density at radius 2 is 1.94 bits per heavy atom. The summed E-state index contributed by atoms with van der Waals surface area (Å²) in [6.45, 7) is 11.0. The Morgan fingerprint density at radius 1 is 1.19 bits per heavy atom. The molecule has 256 valence electrons. The quantitative estimate of drug-likeness (QED) is 0.207. The van der Waals surface area contributed by atoms with Crippen LogP contribution in [0.15, 0.2) is 73.8 Å². The predicted octanol–water partition coefficient (Wildman–Crippen LogP) is 4.68. The van der Waals surface area contributed by atoms with Crippen LogP contribution in [-0.2, 0) is 28.7 Å². The third-order valence-corrected chi connectivity index (χ3v) is 10.2. The number of fused-ring (bicyclic) bond motifs is 1. The average molecular weight is 678 g/mol. The van der Waals surface area contributed by atoms with Crippen molar-refractivity contribution in [2.45, 2.75) is 75.8 Å². The molecule has 0 aromatic heterocycles. The zero-order chi connectivity index (χ0) is 34.6. The number of nitrogens with one attached hydrogen (secondary N) is 1. The molecule has 3 saturated heterocycles. The first kappa shape index (κ1) is 35.3. The van der Waals surface area contributed by atoms with Crippen LogP contribution < -0.4 is 10.2 Å². The number of carbonyl (C=O) groups is 4. The third-order valence-electron chi connectivity index (χ3n) is 9.85. The van der Waals surface area contributed by atoms with Crippen LogP contribution in [0.3, 0.4) is 0 Å². The van der Waals surface area contributed by atoms with E-state index in [0.29, 0.717) is 42.0 Å². The molecular weight excluding hydrogens is 634 g/mol. The van der Waals surface area contributed by atoms with Crippen molar-refractivity contribution in [3.05, 3.63) is 90.0 Å². The van der Waals surface area contributed by atoms with Gasteiger partial charge in [-0.05, 0) is 49.8 Å². The second kappa shape index (κ2) is 15.1. The van der Waals surface area contributed by atoms with Gasteiger partial charge in [-0.15, -0.1) is 13.2 Å². The molecule has 10 nitrogen and oxygen atoms in total. The fourth-order valence-corrected chi connectivity index (χ4v) is 7.94. The highest BCUT2D eigenvalue weighted by atomic mass is 35.5. The number of aliphatic hydroxyl groups excluding tert-OH is 1. The zero-order valence-electron chi connectivity index (χ0n) is 27.5. The lowest BCUT2D eigenvalue weighted by Gasteiger charge is -2.39. The Morgan fingerprint density at radius 3 is 2.58 bits per heavy atom. The number of anilines is 1. The SMILES string of the molecule is C=CCCC(=O)NC[C@H](OC(=O)[C@@H]1[C@@H]2CC[C@]3(O2)[C@H](C(=O)N(CC=C)c2c(C)cccc2Cl)N([C@@H](CC)CO)C(=O)[C@@H]13)c1ccccc1. The maximum atomic E-state index is 14.8. The van der Waals surface area contributed by atoms with Crippen LogP contribution in [0, 0.1) is 18.8 Å². The Balaban J connectivity index is 1.50. The van der Waals surface area contributed by atoms with Gasteiger partial charge in [0.15, 0.2) is 0 Å². The van der Waals surface area contributed by atoms with E-state index >= 15 is 0 Å². The van der Waals surface area contributed by atoms with Gasteiger partial charge in [0.25, 0.3) is 5.91 Å². The number of rotatable bonds is 15. The van der Waals surface area contributed by atoms with E-state index in [4.69, 9.17) is 21.1 Å². The van der Waals surface area contributed by atoms with Gasteiger partial charge in [-0.25, -0.2) is 0 Å².